The summed E-state index contributed by atoms with van der Waals surface area (Å²) in [5, 5.41) is 9.70. The van der Waals surface area contributed by atoms with Crippen LogP contribution in [0.1, 0.15) is 12.5 Å². The Morgan fingerprint density at radius 1 is 1.16 bits per heavy atom. The van der Waals surface area contributed by atoms with Crippen molar-refractivity contribution in [2.45, 2.75) is 6.92 Å². The Labute approximate surface area is 234 Å². The zero-order chi connectivity index (χ0) is 26.5. The predicted molar refractivity (Wildman–Crippen MR) is 157 cm³/mol. The van der Waals surface area contributed by atoms with E-state index in [9.17, 15) is 5.11 Å². The molecule has 0 fully saturated rings. The second-order valence-electron chi connectivity index (χ2n) is 8.22. The Bertz CT molecular complexity index is 1470. The molecule has 9 heteroatoms. The second-order valence-corrected chi connectivity index (χ2v) is 10.9. The number of halogens is 1. The summed E-state index contributed by atoms with van der Waals surface area (Å²) >= 11 is 0.655. The van der Waals surface area contributed by atoms with Crippen LogP contribution in [0.25, 0.3) is 16.8 Å². The molecule has 3 aromatic rings. The Morgan fingerprint density at radius 2 is 1.86 bits per heavy atom. The van der Waals surface area contributed by atoms with Crippen molar-refractivity contribution in [1.82, 2.24) is 4.48 Å². The Kier molecular flexibility index (Phi) is 8.77. The van der Waals surface area contributed by atoms with Gasteiger partial charge in [0.1, 0.15) is 0 Å². The molecule has 0 amide bonds. The minimum atomic E-state index is -1.40. The third-order valence-corrected chi connectivity index (χ3v) is 7.53. The maximum absolute atomic E-state index is 15.0. The van der Waals surface area contributed by atoms with Crippen molar-refractivity contribution >= 4 is 67.8 Å². The number of rotatable bonds is 8. The number of hydrogen-bond acceptors (Lipinski definition) is 3. The SMILES string of the molecule is C=C/C(=C\C=C(/C)OC)C1=N/C(=N\c2[c]([Pb])cc(-c3ccc(O)cc3)n2B(F)P)C(c2ccccc2)=C1. The molecule has 5 nitrogen and oxygen atoms in total. The van der Waals surface area contributed by atoms with E-state index in [1.54, 1.807) is 41.9 Å². The average Bonchev–Trinajstić information content (AvgIpc) is 3.46. The normalized spacial score (nSPS) is 15.0. The van der Waals surface area contributed by atoms with Gasteiger partial charge in [-0.3, -0.25) is 0 Å². The number of allylic oxidation sites excluding steroid dienone is 6. The molecule has 1 N–H and O–H groups in total. The van der Waals surface area contributed by atoms with Gasteiger partial charge in [-0.2, -0.15) is 0 Å². The van der Waals surface area contributed by atoms with Gasteiger partial charge in [-0.1, -0.05) is 0 Å². The predicted octanol–water partition coefficient (Wildman–Crippen LogP) is 5.56. The average molecular weight is 704 g/mol. The van der Waals surface area contributed by atoms with Gasteiger partial charge in [-0.25, -0.2) is 0 Å². The first-order valence-corrected chi connectivity index (χ1v) is 14.1. The van der Waals surface area contributed by atoms with Crippen molar-refractivity contribution < 1.29 is 14.2 Å². The maximum atomic E-state index is 15.0. The molecule has 1 atom stereocenters. The van der Waals surface area contributed by atoms with Crippen LogP contribution in [0.2, 0.25) is 0 Å². The second kappa shape index (κ2) is 12.0. The van der Waals surface area contributed by atoms with E-state index in [0.717, 1.165) is 31.2 Å². The number of phenols is 1. The topological polar surface area (TPSA) is 59.1 Å². The number of nitrogens with zero attached hydrogens (tertiary/aromatic N) is 3. The van der Waals surface area contributed by atoms with Gasteiger partial charge in [0.15, 0.2) is 0 Å². The van der Waals surface area contributed by atoms with Crippen LogP contribution in [-0.4, -0.2) is 60.9 Å². The van der Waals surface area contributed by atoms with E-state index >= 15 is 4.32 Å². The summed E-state index contributed by atoms with van der Waals surface area (Å²) in [6.07, 6.45) is 7.48. The van der Waals surface area contributed by atoms with Crippen LogP contribution in [0, 0.1) is 0 Å². The fourth-order valence-electron chi connectivity index (χ4n) is 3.84. The van der Waals surface area contributed by atoms with E-state index in [2.05, 4.69) is 15.7 Å². The van der Waals surface area contributed by atoms with E-state index < -0.39 is 6.84 Å². The van der Waals surface area contributed by atoms with Crippen LogP contribution >= 0.6 is 9.12 Å². The monoisotopic (exact) mass is 704 g/mol. The molecule has 37 heavy (non-hydrogen) atoms. The van der Waals surface area contributed by atoms with Crippen LogP contribution < -0.4 is 3.12 Å². The quantitative estimate of drug-likeness (QED) is 0.145. The number of benzene rings is 2. The standard InChI is InChI=1S/C28H25BFN3O2P.Pb/c1-4-20(11-10-19(2)35-3)25-18-24(21-8-6-5-7-9-21)28(31-25)32-27-17-16-26(33(27)29(30)36)22-12-14-23(34)15-13-22;/h4-16,18,34H,1,36H2,2-3H3;/b19-10+,20-11+,32-28-;. The van der Waals surface area contributed by atoms with Crippen LogP contribution in [0.3, 0.4) is 0 Å². The third-order valence-electron chi connectivity index (χ3n) is 5.80. The van der Waals surface area contributed by atoms with Crippen molar-refractivity contribution in [2.24, 2.45) is 9.98 Å². The van der Waals surface area contributed by atoms with Crippen LogP contribution in [-0.2, 0) is 4.74 Å². The zero-order valence-electron chi connectivity index (χ0n) is 20.5. The first-order chi connectivity index (χ1) is 17.8. The van der Waals surface area contributed by atoms with E-state index in [0.29, 0.717) is 48.8 Å². The van der Waals surface area contributed by atoms with Gasteiger partial charge in [-0.15, -0.1) is 0 Å². The number of methoxy groups -OCH3 is 1. The van der Waals surface area contributed by atoms with Crippen molar-refractivity contribution in [3.8, 4) is 17.0 Å². The number of phenolic OH excluding ortho intramolecular Hbond substituents is 1. The molecule has 183 valence electrons. The molecule has 3 radical (unpaired) electrons. The van der Waals surface area contributed by atoms with E-state index in [1.165, 1.54) is 0 Å². The van der Waals surface area contributed by atoms with Crippen molar-refractivity contribution in [2.75, 3.05) is 7.11 Å². The third kappa shape index (κ3) is 6.10. The van der Waals surface area contributed by atoms with Gasteiger partial charge >= 0.3 is 236 Å². The molecule has 1 aliphatic heterocycles. The van der Waals surface area contributed by atoms with Gasteiger partial charge in [-0.05, 0) is 0 Å². The summed E-state index contributed by atoms with van der Waals surface area (Å²) < 4.78 is 22.8. The first kappa shape index (κ1) is 27.0. The zero-order valence-corrected chi connectivity index (χ0v) is 25.6. The summed E-state index contributed by atoms with van der Waals surface area (Å²) in [6.45, 7) is 4.43. The van der Waals surface area contributed by atoms with E-state index in [4.69, 9.17) is 14.7 Å². The number of ether oxygens (including phenoxy) is 1. The molecule has 0 saturated carbocycles. The molecule has 0 aliphatic carbocycles. The summed E-state index contributed by atoms with van der Waals surface area (Å²) in [6, 6.07) is 18.6. The number of aromatic hydroxyl groups is 1. The molecule has 2 aromatic carbocycles. The molecule has 1 aromatic heterocycles. The fourth-order valence-corrected chi connectivity index (χ4v) is 5.36. The Hall–Kier alpha value is -3.03. The van der Waals surface area contributed by atoms with Gasteiger partial charge in [0.25, 0.3) is 0 Å². The Morgan fingerprint density at radius 3 is 2.49 bits per heavy atom. The van der Waals surface area contributed by atoms with Gasteiger partial charge in [0, 0.05) is 0 Å². The van der Waals surface area contributed by atoms with E-state index in [-0.39, 0.29) is 5.75 Å². The van der Waals surface area contributed by atoms with E-state index in [1.807, 2.05) is 61.5 Å². The Balaban J connectivity index is 1.89. The van der Waals surface area contributed by atoms with Crippen LogP contribution in [0.15, 0.2) is 113 Å². The van der Waals surface area contributed by atoms with Crippen molar-refractivity contribution in [3.05, 3.63) is 108 Å². The van der Waals surface area contributed by atoms with Gasteiger partial charge in [0.2, 0.25) is 0 Å². The van der Waals surface area contributed by atoms with Crippen molar-refractivity contribution in [1.29, 1.82) is 0 Å². The van der Waals surface area contributed by atoms with Crippen molar-refractivity contribution in [3.63, 3.8) is 0 Å². The number of amidine groups is 1. The molecule has 1 unspecified atom stereocenters. The molecule has 4 rings (SSSR count). The number of aromatic nitrogens is 1. The molecule has 2 heterocycles. The molecule has 0 spiro atoms. The van der Waals surface area contributed by atoms with Crippen LogP contribution in [0.4, 0.5) is 10.1 Å². The first-order valence-electron chi connectivity index (χ1n) is 11.5. The molecule has 1 aliphatic rings. The molecular weight excluding hydrogens is 678 g/mol. The summed E-state index contributed by atoms with van der Waals surface area (Å²) in [7, 11) is 3.83. The number of hydrogen-bond donors (Lipinski definition) is 1. The van der Waals surface area contributed by atoms with Crippen LogP contribution in [0.5, 0.6) is 5.75 Å². The summed E-state index contributed by atoms with van der Waals surface area (Å²) in [4.78, 5) is 9.79. The molecular formula is C28H25BFN3O2PPb. The summed E-state index contributed by atoms with van der Waals surface area (Å²) in [5.41, 5.74) is 4.80. The minimum absolute atomic E-state index is 0.156. The number of aliphatic imine (C=N–C) groups is 2. The van der Waals surface area contributed by atoms with Gasteiger partial charge < -0.3 is 0 Å². The summed E-state index contributed by atoms with van der Waals surface area (Å²) in [5.74, 6) is 1.94. The fraction of sp³-hybridized carbons (Fsp3) is 0.0714. The molecule has 0 saturated heterocycles. The van der Waals surface area contributed by atoms with Gasteiger partial charge in [0.05, 0.1) is 0 Å². The molecule has 0 bridgehead atoms.